The van der Waals surface area contributed by atoms with Crippen LogP contribution in [-0.2, 0) is 60.7 Å². The van der Waals surface area contributed by atoms with Crippen LogP contribution in [0.5, 0.6) is 0 Å². The third kappa shape index (κ3) is 11.9. The third-order valence-electron chi connectivity index (χ3n) is 9.72. The van der Waals surface area contributed by atoms with Gasteiger partial charge < -0.3 is 21.3 Å². The standard InChI is InChI=1S/C37H30N4O21S6.Na/c1-17-3-5-19(35(42)38-25-7-9-29(65(51,52)53)23-13-21(63(45,46)47)15-31(33(23)25)67(57,58)59)11-27(17)40-37(44)41-28-12-20(6-4-18(28)2)36(43)39-26-8-10-30(66(54,55)56)24-14-22(64(48,49)50)16-32(34(24)26)68(60,61)62;/h3-16H,1-2H3,(H,38,42)(H,39,43)(H2,40,41,44)(H,45,46,47)(H,48,49,50)(H,51,52,53)(H,54,55,56)(H,57,58,59)(H,60,61,62);. The maximum Gasteiger partial charge on any atom is 0.323 e. The molecule has 0 aliphatic rings. The number of aryl methyl sites for hydroxylation is 2. The van der Waals surface area contributed by atoms with E-state index in [9.17, 15) is 92.2 Å². The molecule has 0 aliphatic heterocycles. The molecule has 0 fully saturated rings. The molecule has 0 heterocycles. The summed E-state index contributed by atoms with van der Waals surface area (Å²) in [5, 5.41) is 6.20. The number of amides is 4. The molecule has 0 atom stereocenters. The fourth-order valence-electron chi connectivity index (χ4n) is 6.61. The van der Waals surface area contributed by atoms with Crippen LogP contribution < -0.4 is 21.3 Å². The van der Waals surface area contributed by atoms with Gasteiger partial charge in [0, 0.05) is 73.6 Å². The van der Waals surface area contributed by atoms with Gasteiger partial charge in [0.25, 0.3) is 72.5 Å². The molecule has 6 aromatic carbocycles. The molecule has 0 saturated heterocycles. The van der Waals surface area contributed by atoms with Gasteiger partial charge in [0.05, 0.1) is 21.2 Å². The first-order valence-electron chi connectivity index (χ1n) is 18.0. The van der Waals surface area contributed by atoms with Crippen molar-refractivity contribution < 1.29 is 92.2 Å². The van der Waals surface area contributed by atoms with Gasteiger partial charge in [-0.05, 0) is 97.8 Å². The van der Waals surface area contributed by atoms with Crippen LogP contribution in [0.1, 0.15) is 31.8 Å². The van der Waals surface area contributed by atoms with Crippen LogP contribution in [0.15, 0.2) is 114 Å². The average molecular weight is 1080 g/mol. The molecule has 32 heteroatoms. The summed E-state index contributed by atoms with van der Waals surface area (Å²) in [4.78, 5) is 33.4. The molecule has 6 aromatic rings. The number of urea groups is 1. The van der Waals surface area contributed by atoms with Crippen LogP contribution in [0.4, 0.5) is 27.5 Å². The van der Waals surface area contributed by atoms with Crippen LogP contribution in [0.25, 0.3) is 21.5 Å². The average Bonchev–Trinajstić information content (AvgIpc) is 3.19. The van der Waals surface area contributed by atoms with E-state index in [1.54, 1.807) is 0 Å². The fraction of sp³-hybridized carbons (Fsp3) is 0.0541. The summed E-state index contributed by atoms with van der Waals surface area (Å²) in [5.74, 6) is -2.13. The maximum absolute atomic E-state index is 13.6. The molecule has 0 saturated carbocycles. The summed E-state index contributed by atoms with van der Waals surface area (Å²) < 4.78 is 205. The van der Waals surface area contributed by atoms with E-state index in [1.807, 2.05) is 0 Å². The molecule has 6 rings (SSSR count). The molecule has 69 heavy (non-hydrogen) atoms. The molecule has 1 radical (unpaired) electrons. The topological polar surface area (TPSA) is 426 Å². The van der Waals surface area contributed by atoms with E-state index in [0.717, 1.165) is 24.3 Å². The second kappa shape index (κ2) is 19.0. The van der Waals surface area contributed by atoms with Crippen LogP contribution >= 0.6 is 0 Å². The van der Waals surface area contributed by atoms with Crippen molar-refractivity contribution in [2.24, 2.45) is 0 Å². The molecule has 0 bridgehead atoms. The number of nitrogens with one attached hydrogen (secondary N) is 4. The molecule has 0 unspecified atom stereocenters. The summed E-state index contributed by atoms with van der Waals surface area (Å²) in [6.45, 7) is 3.01. The maximum atomic E-state index is 13.6. The fourth-order valence-corrected chi connectivity index (χ4v) is 10.7. The van der Waals surface area contributed by atoms with Crippen molar-refractivity contribution in [1.29, 1.82) is 0 Å². The smallest absolute Gasteiger partial charge is 0.321 e. The van der Waals surface area contributed by atoms with Gasteiger partial charge in [-0.1, -0.05) is 12.1 Å². The Bertz CT molecular complexity index is 3690. The van der Waals surface area contributed by atoms with Gasteiger partial charge in [-0.2, -0.15) is 50.5 Å². The van der Waals surface area contributed by atoms with E-state index in [-0.39, 0.29) is 64.2 Å². The SMILES string of the molecule is Cc1ccc(C(=O)Nc2ccc(S(=O)(=O)O)c3cc(S(=O)(=O)O)cc(S(=O)(=O)O)c23)cc1NC(=O)Nc1cc(C(=O)Nc2ccc(S(=O)(=O)O)c3cc(S(=O)(=O)O)cc(S(=O)(=O)O)c23)ccc1C.[Na]. The number of carbonyl (C=O) groups is 3. The van der Waals surface area contributed by atoms with Crippen LogP contribution in [0, 0.1) is 13.8 Å². The Hall–Kier alpha value is -5.49. The van der Waals surface area contributed by atoms with E-state index < -0.39 is 141 Å². The Morgan fingerprint density at radius 1 is 0.377 bits per heavy atom. The van der Waals surface area contributed by atoms with Crippen LogP contribution in [0.3, 0.4) is 0 Å². The van der Waals surface area contributed by atoms with Crippen LogP contribution in [0.2, 0.25) is 0 Å². The third-order valence-corrected chi connectivity index (χ3v) is 15.0. The number of hydrogen-bond acceptors (Lipinski definition) is 15. The van der Waals surface area contributed by atoms with Gasteiger partial charge in [-0.15, -0.1) is 0 Å². The minimum Gasteiger partial charge on any atom is -0.321 e. The van der Waals surface area contributed by atoms with Crippen molar-refractivity contribution in [1.82, 2.24) is 0 Å². The van der Waals surface area contributed by atoms with Crippen molar-refractivity contribution in [3.05, 3.63) is 107 Å². The summed E-state index contributed by atoms with van der Waals surface area (Å²) in [6.07, 6.45) is 0. The monoisotopic (exact) mass is 1080 g/mol. The zero-order valence-electron chi connectivity index (χ0n) is 34.8. The number of fused-ring (bicyclic) bond motifs is 2. The minimum absolute atomic E-state index is 0. The summed E-state index contributed by atoms with van der Waals surface area (Å²) in [5.41, 5.74) is -0.973. The summed E-state index contributed by atoms with van der Waals surface area (Å²) >= 11 is 0. The zero-order chi connectivity index (χ0) is 50.9. The number of rotatable bonds is 12. The molecule has 25 nitrogen and oxygen atoms in total. The molecule has 0 spiro atoms. The van der Waals surface area contributed by atoms with Gasteiger partial charge in [0.1, 0.15) is 19.6 Å². The Kier molecular flexibility index (Phi) is 15.0. The van der Waals surface area contributed by atoms with E-state index in [2.05, 4.69) is 21.3 Å². The second-order valence-corrected chi connectivity index (χ2v) is 22.7. The molecule has 4 amide bonds. The van der Waals surface area contributed by atoms with Gasteiger partial charge in [-0.25, -0.2) is 4.79 Å². The van der Waals surface area contributed by atoms with Crippen LogP contribution in [-0.4, -0.2) is 125 Å². The van der Waals surface area contributed by atoms with Gasteiger partial charge in [0.15, 0.2) is 0 Å². The van der Waals surface area contributed by atoms with Crippen molar-refractivity contribution >= 4 is 152 Å². The summed E-state index contributed by atoms with van der Waals surface area (Å²) in [6, 6.07) is 10.9. The van der Waals surface area contributed by atoms with E-state index in [4.69, 9.17) is 0 Å². The van der Waals surface area contributed by atoms with Crippen molar-refractivity contribution in [3.8, 4) is 0 Å². The van der Waals surface area contributed by atoms with Crippen molar-refractivity contribution in [2.75, 3.05) is 21.3 Å². The number of anilines is 4. The van der Waals surface area contributed by atoms with E-state index in [1.165, 1.54) is 38.1 Å². The molecular weight excluding hydrogens is 1050 g/mol. The van der Waals surface area contributed by atoms with E-state index >= 15 is 0 Å². The van der Waals surface area contributed by atoms with Crippen molar-refractivity contribution in [3.63, 3.8) is 0 Å². The first-order valence-corrected chi connectivity index (χ1v) is 26.7. The Morgan fingerprint density at radius 2 is 0.696 bits per heavy atom. The Morgan fingerprint density at radius 3 is 0.986 bits per heavy atom. The first-order chi connectivity index (χ1) is 31.0. The Balaban J connectivity index is 0.00000888. The Labute approximate surface area is 413 Å². The second-order valence-electron chi connectivity index (χ2n) is 14.3. The zero-order valence-corrected chi connectivity index (χ0v) is 41.7. The largest absolute Gasteiger partial charge is 0.323 e. The molecule has 10 N–H and O–H groups in total. The first kappa shape index (κ1) is 54.5. The predicted molar refractivity (Wildman–Crippen MR) is 243 cm³/mol. The predicted octanol–water partition coefficient (Wildman–Crippen LogP) is 3.86. The number of hydrogen-bond donors (Lipinski definition) is 10. The van der Waals surface area contributed by atoms with Crippen molar-refractivity contribution in [2.45, 2.75) is 43.2 Å². The molecule has 0 aromatic heterocycles. The molecular formula is C37H30N4NaO21S6. The molecule has 361 valence electrons. The normalized spacial score (nSPS) is 12.5. The summed E-state index contributed by atoms with van der Waals surface area (Å²) in [7, 11) is -31.9. The number of carbonyl (C=O) groups excluding carboxylic acids is 3. The van der Waals surface area contributed by atoms with Gasteiger partial charge >= 0.3 is 6.03 Å². The molecule has 0 aliphatic carbocycles. The number of benzene rings is 6. The van der Waals surface area contributed by atoms with Gasteiger partial charge in [-0.3, -0.25) is 36.9 Å². The van der Waals surface area contributed by atoms with Gasteiger partial charge in [0.2, 0.25) is 0 Å². The van der Waals surface area contributed by atoms with E-state index in [0.29, 0.717) is 35.4 Å². The quantitative estimate of drug-likeness (QED) is 0.0614. The minimum atomic E-state index is -5.46.